The van der Waals surface area contributed by atoms with Gasteiger partial charge < -0.3 is 4.98 Å². The van der Waals surface area contributed by atoms with Crippen molar-refractivity contribution in [2.45, 2.75) is 13.8 Å². The second kappa shape index (κ2) is 12.7. The van der Waals surface area contributed by atoms with Crippen LogP contribution in [0.15, 0.2) is 97.3 Å². The largest absolute Gasteiger partial charge is 0.305 e. The quantitative estimate of drug-likeness (QED) is 0.320. The molecule has 139 valence electrons. The van der Waals surface area contributed by atoms with E-state index in [-0.39, 0.29) is 27.5 Å². The molecule has 0 aliphatic carbocycles. The molecular weight excluding hydrogens is 508 g/mol. The summed E-state index contributed by atoms with van der Waals surface area (Å²) in [4.78, 5) is 8.47. The Morgan fingerprint density at radius 3 is 1.89 bits per heavy atom. The van der Waals surface area contributed by atoms with E-state index in [1.54, 1.807) is 6.20 Å². The Balaban J connectivity index is 0.000000252. The van der Waals surface area contributed by atoms with E-state index in [2.05, 4.69) is 28.2 Å². The molecule has 4 rings (SSSR count). The van der Waals surface area contributed by atoms with E-state index in [9.17, 15) is 0 Å². The molecule has 0 saturated heterocycles. The molecule has 0 aliphatic rings. The van der Waals surface area contributed by atoms with Gasteiger partial charge in [0.15, 0.2) is 0 Å². The summed E-state index contributed by atoms with van der Waals surface area (Å²) < 4.78 is 0. The summed E-state index contributed by atoms with van der Waals surface area (Å²) in [7, 11) is 0. The van der Waals surface area contributed by atoms with E-state index in [1.165, 1.54) is 5.56 Å². The van der Waals surface area contributed by atoms with Crippen LogP contribution >= 0.6 is 0 Å². The van der Waals surface area contributed by atoms with Crippen molar-refractivity contribution >= 4 is 0 Å². The van der Waals surface area contributed by atoms with Crippen molar-refractivity contribution in [1.29, 1.82) is 0 Å². The first kappa shape index (κ1) is 22.4. The van der Waals surface area contributed by atoms with Gasteiger partial charge in [0.05, 0.1) is 0 Å². The summed E-state index contributed by atoms with van der Waals surface area (Å²) in [6.45, 7) is 0. The van der Waals surface area contributed by atoms with Crippen LogP contribution in [0.4, 0.5) is 0 Å². The summed E-state index contributed by atoms with van der Waals surface area (Å²) in [6.07, 6.45) is 4.47. The summed E-state index contributed by atoms with van der Waals surface area (Å²) in [5.74, 6) is 0. The molecule has 0 fully saturated rings. The van der Waals surface area contributed by atoms with Crippen LogP contribution in [-0.2, 0) is 26.5 Å². The molecule has 0 bridgehead atoms. The van der Waals surface area contributed by atoms with Gasteiger partial charge in [0, 0.05) is 38.2 Å². The van der Waals surface area contributed by atoms with Gasteiger partial charge in [0.25, 0.3) is 0 Å². The minimum Gasteiger partial charge on any atom is -0.305 e. The van der Waals surface area contributed by atoms with Crippen LogP contribution in [0.1, 0.15) is 18.7 Å². The minimum absolute atomic E-state index is 0. The van der Waals surface area contributed by atoms with Gasteiger partial charge in [-0.15, -0.1) is 35.9 Å². The van der Waals surface area contributed by atoms with Gasteiger partial charge in [-0.2, -0.15) is 35.9 Å². The molecular formula is C24H22IrN2-2. The van der Waals surface area contributed by atoms with Crippen molar-refractivity contribution in [2.75, 3.05) is 0 Å². The van der Waals surface area contributed by atoms with Crippen LogP contribution in [0.2, 0.25) is 0 Å². The fraction of sp³-hybridized carbons (Fsp3) is 0.0833. The number of hydrogen-bond acceptors (Lipinski definition) is 2. The first-order valence-corrected chi connectivity index (χ1v) is 8.15. The topological polar surface area (TPSA) is 25.8 Å². The minimum atomic E-state index is 0. The van der Waals surface area contributed by atoms with Crippen LogP contribution in [0.25, 0.3) is 11.3 Å². The SMILES string of the molecule is C.[Ir].[c-]1ccccc1-c1ccccn1.[c-]1ccccc1Cc1ccccn1. The molecule has 2 aromatic heterocycles. The average molecular weight is 531 g/mol. The Morgan fingerprint density at radius 2 is 1.33 bits per heavy atom. The summed E-state index contributed by atoms with van der Waals surface area (Å²) in [5, 5.41) is 0. The monoisotopic (exact) mass is 531 g/mol. The Bertz CT molecular complexity index is 777. The van der Waals surface area contributed by atoms with Gasteiger partial charge in [-0.1, -0.05) is 25.6 Å². The Morgan fingerprint density at radius 1 is 0.667 bits per heavy atom. The molecule has 0 saturated carbocycles. The third kappa shape index (κ3) is 7.65. The van der Waals surface area contributed by atoms with Gasteiger partial charge in [-0.25, -0.2) is 0 Å². The summed E-state index contributed by atoms with van der Waals surface area (Å²) >= 11 is 0. The maximum absolute atomic E-state index is 4.25. The zero-order chi connectivity index (χ0) is 17.2. The van der Waals surface area contributed by atoms with Gasteiger partial charge in [-0.3, -0.25) is 4.98 Å². The summed E-state index contributed by atoms with van der Waals surface area (Å²) in [6, 6.07) is 33.9. The van der Waals surface area contributed by atoms with Crippen molar-refractivity contribution in [3.05, 3.63) is 121 Å². The van der Waals surface area contributed by atoms with E-state index < -0.39 is 0 Å². The first-order valence-electron chi connectivity index (χ1n) is 8.15. The fourth-order valence-corrected chi connectivity index (χ4v) is 2.31. The maximum Gasteiger partial charge on any atom is 0.0426 e. The third-order valence-corrected chi connectivity index (χ3v) is 3.52. The van der Waals surface area contributed by atoms with Gasteiger partial charge in [-0.05, 0) is 30.3 Å². The molecule has 1 radical (unpaired) electrons. The van der Waals surface area contributed by atoms with Crippen molar-refractivity contribution in [3.63, 3.8) is 0 Å². The number of benzene rings is 2. The standard InChI is InChI=1S/C12H10N.C11H8N.CH4.Ir/c1-2-6-11(7-3-1)10-12-8-4-5-9-13-12;1-2-6-10(7-3-1)11-8-4-5-9-12-11;;/h1-6,8-9H,10H2;1-6,8-9H;1H4;/q2*-1;;. The van der Waals surface area contributed by atoms with Gasteiger partial charge >= 0.3 is 0 Å². The third-order valence-electron chi connectivity index (χ3n) is 3.52. The molecule has 4 aromatic rings. The Labute approximate surface area is 175 Å². The van der Waals surface area contributed by atoms with E-state index in [1.807, 2.05) is 85.1 Å². The number of nitrogens with zero attached hydrogens (tertiary/aromatic N) is 2. The number of rotatable bonds is 3. The van der Waals surface area contributed by atoms with Crippen LogP contribution in [0, 0.1) is 12.1 Å². The number of aromatic nitrogens is 2. The van der Waals surface area contributed by atoms with E-state index in [4.69, 9.17) is 0 Å². The number of pyridine rings is 2. The molecule has 27 heavy (non-hydrogen) atoms. The average Bonchev–Trinajstić information content (AvgIpc) is 2.71. The van der Waals surface area contributed by atoms with Crippen molar-refractivity contribution in [2.24, 2.45) is 0 Å². The Kier molecular flexibility index (Phi) is 10.5. The van der Waals surface area contributed by atoms with E-state index in [0.29, 0.717) is 0 Å². The summed E-state index contributed by atoms with van der Waals surface area (Å²) in [5.41, 5.74) is 4.28. The fourth-order valence-electron chi connectivity index (χ4n) is 2.31. The molecule has 3 heteroatoms. The van der Waals surface area contributed by atoms with Crippen molar-refractivity contribution in [3.8, 4) is 11.3 Å². The zero-order valence-corrected chi connectivity index (χ0v) is 16.6. The van der Waals surface area contributed by atoms with E-state index >= 15 is 0 Å². The molecule has 0 amide bonds. The van der Waals surface area contributed by atoms with Crippen LogP contribution in [-0.4, -0.2) is 9.97 Å². The predicted octanol–water partition coefficient (Wildman–Crippen LogP) is 5.65. The maximum atomic E-state index is 4.25. The molecule has 0 aliphatic heterocycles. The molecule has 0 unspecified atom stereocenters. The van der Waals surface area contributed by atoms with Crippen LogP contribution < -0.4 is 0 Å². The molecule has 0 N–H and O–H groups in total. The smallest absolute Gasteiger partial charge is 0.0426 e. The molecule has 2 nitrogen and oxygen atoms in total. The van der Waals surface area contributed by atoms with Crippen molar-refractivity contribution < 1.29 is 20.1 Å². The normalized spacial score (nSPS) is 9.04. The first-order chi connectivity index (χ1) is 12.4. The Hall–Kier alpha value is -2.61. The zero-order valence-electron chi connectivity index (χ0n) is 14.2. The van der Waals surface area contributed by atoms with Gasteiger partial charge in [0.1, 0.15) is 0 Å². The molecule has 0 atom stereocenters. The molecule has 0 spiro atoms. The van der Waals surface area contributed by atoms with Crippen LogP contribution in [0.5, 0.6) is 0 Å². The van der Waals surface area contributed by atoms with Crippen molar-refractivity contribution in [1.82, 2.24) is 9.97 Å². The number of hydrogen-bond donors (Lipinski definition) is 0. The second-order valence-corrected chi connectivity index (χ2v) is 5.38. The second-order valence-electron chi connectivity index (χ2n) is 5.38. The predicted molar refractivity (Wildman–Crippen MR) is 108 cm³/mol. The molecule has 2 heterocycles. The molecule has 2 aromatic carbocycles. The van der Waals surface area contributed by atoms with E-state index in [0.717, 1.165) is 23.4 Å². The van der Waals surface area contributed by atoms with Gasteiger partial charge in [0.2, 0.25) is 0 Å². The van der Waals surface area contributed by atoms with Crippen LogP contribution in [0.3, 0.4) is 0 Å².